The summed E-state index contributed by atoms with van der Waals surface area (Å²) in [6, 6.07) is 6.35. The van der Waals surface area contributed by atoms with Crippen LogP contribution >= 0.6 is 34.4 Å². The van der Waals surface area contributed by atoms with Crippen molar-refractivity contribution in [2.75, 3.05) is 0 Å². The van der Waals surface area contributed by atoms with Gasteiger partial charge in [0.25, 0.3) is 5.56 Å². The van der Waals surface area contributed by atoms with E-state index < -0.39 is 0 Å². The third-order valence-corrected chi connectivity index (χ3v) is 4.52. The van der Waals surface area contributed by atoms with Crippen molar-refractivity contribution in [2.45, 2.75) is 17.6 Å². The minimum atomic E-state index is -0.264. The number of aromatic amines is 1. The van der Waals surface area contributed by atoms with Crippen molar-refractivity contribution in [3.05, 3.63) is 55.5 Å². The van der Waals surface area contributed by atoms with Gasteiger partial charge in [0.1, 0.15) is 11.6 Å². The van der Waals surface area contributed by atoms with Gasteiger partial charge in [-0.05, 0) is 47.7 Å². The molecule has 94 valence electrons. The van der Waals surface area contributed by atoms with Gasteiger partial charge in [0.15, 0.2) is 0 Å². The molecular formula is C12H10FIN2OS. The summed E-state index contributed by atoms with van der Waals surface area (Å²) >= 11 is 3.40. The average Bonchev–Trinajstić information content (AvgIpc) is 2.33. The van der Waals surface area contributed by atoms with Crippen LogP contribution in [0.3, 0.4) is 0 Å². The number of aromatic nitrogens is 2. The predicted molar refractivity (Wildman–Crippen MR) is 78.3 cm³/mol. The Balaban J connectivity index is 2.14. The maximum atomic E-state index is 13.0. The number of nitrogens with zero attached hydrogens (tertiary/aromatic N) is 1. The van der Waals surface area contributed by atoms with E-state index in [4.69, 9.17) is 0 Å². The van der Waals surface area contributed by atoms with Gasteiger partial charge in [0, 0.05) is 4.90 Å². The molecule has 0 aliphatic heterocycles. The predicted octanol–water partition coefficient (Wildman–Crippen LogP) is 3.11. The Kier molecular flexibility index (Phi) is 4.39. The SMILES string of the molecule is Cc1nc(CSc2cccc(F)c2)[nH]c(=O)c1I. The third-order valence-electron chi connectivity index (χ3n) is 2.25. The van der Waals surface area contributed by atoms with Gasteiger partial charge in [-0.2, -0.15) is 0 Å². The maximum absolute atomic E-state index is 13.0. The molecule has 0 fully saturated rings. The van der Waals surface area contributed by atoms with E-state index in [0.29, 0.717) is 20.8 Å². The lowest BCUT2D eigenvalue weighted by Crippen LogP contribution is -2.16. The third kappa shape index (κ3) is 3.32. The van der Waals surface area contributed by atoms with Crippen LogP contribution in [-0.4, -0.2) is 9.97 Å². The van der Waals surface area contributed by atoms with Gasteiger partial charge in [-0.3, -0.25) is 4.79 Å². The zero-order valence-corrected chi connectivity index (χ0v) is 12.5. The molecule has 0 aliphatic rings. The first-order valence-corrected chi connectivity index (χ1v) is 7.26. The highest BCUT2D eigenvalue weighted by atomic mass is 127. The number of benzene rings is 1. The summed E-state index contributed by atoms with van der Waals surface area (Å²) in [6.07, 6.45) is 0. The van der Waals surface area contributed by atoms with Crippen LogP contribution in [0.2, 0.25) is 0 Å². The van der Waals surface area contributed by atoms with Gasteiger partial charge in [-0.1, -0.05) is 6.07 Å². The molecule has 1 N–H and O–H groups in total. The molecule has 1 aromatic carbocycles. The molecular weight excluding hydrogens is 366 g/mol. The van der Waals surface area contributed by atoms with Crippen LogP contribution in [0.15, 0.2) is 34.0 Å². The van der Waals surface area contributed by atoms with Crippen molar-refractivity contribution >= 4 is 34.4 Å². The van der Waals surface area contributed by atoms with Crippen LogP contribution in [-0.2, 0) is 5.75 Å². The van der Waals surface area contributed by atoms with Crippen molar-refractivity contribution in [3.8, 4) is 0 Å². The van der Waals surface area contributed by atoms with E-state index in [1.165, 1.54) is 23.9 Å². The van der Waals surface area contributed by atoms with Gasteiger partial charge in [0.2, 0.25) is 0 Å². The fourth-order valence-corrected chi connectivity index (χ4v) is 2.47. The second-order valence-electron chi connectivity index (χ2n) is 3.66. The van der Waals surface area contributed by atoms with Crippen LogP contribution in [0.4, 0.5) is 4.39 Å². The van der Waals surface area contributed by atoms with E-state index in [1.807, 2.05) is 28.7 Å². The van der Waals surface area contributed by atoms with Gasteiger partial charge < -0.3 is 4.98 Å². The van der Waals surface area contributed by atoms with Crippen LogP contribution < -0.4 is 5.56 Å². The summed E-state index contributed by atoms with van der Waals surface area (Å²) in [5, 5.41) is 0. The summed E-state index contributed by atoms with van der Waals surface area (Å²) in [6.45, 7) is 1.80. The van der Waals surface area contributed by atoms with Crippen LogP contribution in [0.25, 0.3) is 0 Å². The average molecular weight is 376 g/mol. The number of nitrogens with one attached hydrogen (secondary N) is 1. The largest absolute Gasteiger partial charge is 0.309 e. The van der Waals surface area contributed by atoms with Gasteiger partial charge in [-0.25, -0.2) is 9.37 Å². The summed E-state index contributed by atoms with van der Waals surface area (Å²) in [5.74, 6) is 0.851. The molecule has 0 spiro atoms. The molecule has 6 heteroatoms. The van der Waals surface area contributed by atoms with Crippen molar-refractivity contribution in [1.29, 1.82) is 0 Å². The zero-order valence-electron chi connectivity index (χ0n) is 9.54. The van der Waals surface area contributed by atoms with Gasteiger partial charge in [-0.15, -0.1) is 11.8 Å². The standard InChI is InChI=1S/C12H10FIN2OS/c1-7-11(14)12(17)16-10(15-7)6-18-9-4-2-3-8(13)5-9/h2-5H,6H2,1H3,(H,15,16,17). The van der Waals surface area contributed by atoms with E-state index in [-0.39, 0.29) is 11.4 Å². The highest BCUT2D eigenvalue weighted by Gasteiger charge is 2.05. The van der Waals surface area contributed by atoms with Crippen molar-refractivity contribution in [2.24, 2.45) is 0 Å². The van der Waals surface area contributed by atoms with E-state index in [2.05, 4.69) is 9.97 Å². The second kappa shape index (κ2) is 5.83. The van der Waals surface area contributed by atoms with E-state index in [1.54, 1.807) is 13.0 Å². The lowest BCUT2D eigenvalue weighted by molar-refractivity contribution is 0.624. The van der Waals surface area contributed by atoms with E-state index >= 15 is 0 Å². The topological polar surface area (TPSA) is 45.8 Å². The molecule has 0 aliphatic carbocycles. The number of thioether (sulfide) groups is 1. The van der Waals surface area contributed by atoms with Gasteiger partial charge in [0.05, 0.1) is 15.0 Å². The number of rotatable bonds is 3. The number of H-pyrrole nitrogens is 1. The lowest BCUT2D eigenvalue weighted by atomic mass is 10.4. The Hall–Kier alpha value is -0.890. The monoisotopic (exact) mass is 376 g/mol. The Labute approximate surface area is 121 Å². The molecule has 0 saturated heterocycles. The fraction of sp³-hybridized carbons (Fsp3) is 0.167. The first-order valence-electron chi connectivity index (χ1n) is 5.20. The molecule has 0 atom stereocenters. The molecule has 18 heavy (non-hydrogen) atoms. The first-order chi connectivity index (χ1) is 8.56. The Morgan fingerprint density at radius 2 is 2.28 bits per heavy atom. The van der Waals surface area contributed by atoms with Crippen molar-refractivity contribution in [3.63, 3.8) is 0 Å². The lowest BCUT2D eigenvalue weighted by Gasteiger charge is -2.03. The quantitative estimate of drug-likeness (QED) is 0.662. The minimum Gasteiger partial charge on any atom is -0.309 e. The van der Waals surface area contributed by atoms with E-state index in [9.17, 15) is 9.18 Å². The summed E-state index contributed by atoms with van der Waals surface area (Å²) in [4.78, 5) is 19.4. The summed E-state index contributed by atoms with van der Waals surface area (Å²) in [5.41, 5.74) is 0.590. The number of hydrogen-bond acceptors (Lipinski definition) is 3. The fourth-order valence-electron chi connectivity index (χ4n) is 1.41. The number of aryl methyl sites for hydroxylation is 1. The molecule has 1 heterocycles. The highest BCUT2D eigenvalue weighted by Crippen LogP contribution is 2.21. The summed E-state index contributed by atoms with van der Waals surface area (Å²) < 4.78 is 13.6. The normalized spacial score (nSPS) is 10.6. The number of hydrogen-bond donors (Lipinski definition) is 1. The Morgan fingerprint density at radius 1 is 1.50 bits per heavy atom. The second-order valence-corrected chi connectivity index (χ2v) is 5.79. The molecule has 3 nitrogen and oxygen atoms in total. The van der Waals surface area contributed by atoms with Crippen molar-refractivity contribution in [1.82, 2.24) is 9.97 Å². The van der Waals surface area contributed by atoms with Crippen LogP contribution in [0, 0.1) is 16.3 Å². The molecule has 0 amide bonds. The Bertz CT molecular complexity index is 630. The smallest absolute Gasteiger partial charge is 0.264 e. The van der Waals surface area contributed by atoms with Crippen LogP contribution in [0.5, 0.6) is 0 Å². The van der Waals surface area contributed by atoms with Crippen molar-refractivity contribution < 1.29 is 4.39 Å². The molecule has 0 radical (unpaired) electrons. The molecule has 1 aromatic heterocycles. The van der Waals surface area contributed by atoms with Crippen LogP contribution in [0.1, 0.15) is 11.5 Å². The molecule has 2 rings (SSSR count). The molecule has 0 saturated carbocycles. The molecule has 0 unspecified atom stereocenters. The minimum absolute atomic E-state index is 0.127. The molecule has 2 aromatic rings. The first kappa shape index (κ1) is 13.5. The zero-order chi connectivity index (χ0) is 13.1. The highest BCUT2D eigenvalue weighted by molar-refractivity contribution is 14.1. The van der Waals surface area contributed by atoms with Gasteiger partial charge >= 0.3 is 0 Å². The number of halogens is 2. The Morgan fingerprint density at radius 3 is 2.94 bits per heavy atom. The molecule has 0 bridgehead atoms. The summed E-state index contributed by atoms with van der Waals surface area (Å²) in [7, 11) is 0. The van der Waals surface area contributed by atoms with E-state index in [0.717, 1.165) is 4.90 Å². The maximum Gasteiger partial charge on any atom is 0.264 e.